The Balaban J connectivity index is -0.000000174. The van der Waals surface area contributed by atoms with Gasteiger partial charge in [-0.1, -0.05) is 0 Å². The molecule has 0 unspecified atom stereocenters. The van der Waals surface area contributed by atoms with E-state index in [2.05, 4.69) is 22.2 Å². The molecule has 0 bridgehead atoms. The zero-order valence-corrected chi connectivity index (χ0v) is 9.51. The molecule has 5 nitrogen and oxygen atoms in total. The molecule has 0 amide bonds. The first-order valence-electron chi connectivity index (χ1n) is 3.86. The van der Waals surface area contributed by atoms with Crippen LogP contribution in [0, 0.1) is 0 Å². The van der Waals surface area contributed by atoms with E-state index in [1.807, 2.05) is 0 Å². The normalized spacial score (nSPS) is 6.50. The van der Waals surface area contributed by atoms with Crippen LogP contribution in [0.2, 0.25) is 0 Å². The highest BCUT2D eigenvalue weighted by Gasteiger charge is 1.97. The molecule has 1 aromatic heterocycles. The Hall–Kier alpha value is -0.880. The lowest BCUT2D eigenvalue weighted by Gasteiger charge is -1.76. The molecule has 0 aliphatic rings. The monoisotopic (exact) mass is 222 g/mol. The Morgan fingerprint density at radius 1 is 1.21 bits per heavy atom. The van der Waals surface area contributed by atoms with Crippen LogP contribution in [0.25, 0.3) is 0 Å². The van der Waals surface area contributed by atoms with E-state index >= 15 is 0 Å². The predicted molar refractivity (Wildman–Crippen MR) is 61.3 cm³/mol. The summed E-state index contributed by atoms with van der Waals surface area (Å²) in [6, 6.07) is 1.62. The van der Waals surface area contributed by atoms with Crippen LogP contribution < -0.4 is 17.2 Å². The molecule has 0 atom stereocenters. The summed E-state index contributed by atoms with van der Waals surface area (Å²) < 4.78 is 0. The van der Waals surface area contributed by atoms with Crippen molar-refractivity contribution in [2.45, 2.75) is 0 Å². The zero-order chi connectivity index (χ0) is 12.0. The Kier molecular flexibility index (Phi) is 24.2. The van der Waals surface area contributed by atoms with E-state index in [0.717, 1.165) is 0 Å². The van der Waals surface area contributed by atoms with Gasteiger partial charge in [0.15, 0.2) is 0 Å². The Labute approximate surface area is 89.6 Å². The van der Waals surface area contributed by atoms with E-state index in [9.17, 15) is 4.79 Å². The fourth-order valence-electron chi connectivity index (χ4n) is 0.446. The van der Waals surface area contributed by atoms with Crippen LogP contribution in [0.3, 0.4) is 0 Å². The smallest absolute Gasteiger partial charge is 0.253 e. The Morgan fingerprint density at radius 3 is 1.79 bits per heavy atom. The van der Waals surface area contributed by atoms with Gasteiger partial charge < -0.3 is 22.2 Å². The molecule has 0 saturated carbocycles. The topological polar surface area (TPSA) is 111 Å². The highest BCUT2D eigenvalue weighted by atomic mass is 35.5. The van der Waals surface area contributed by atoms with Gasteiger partial charge >= 0.3 is 0 Å². The fraction of sp³-hybridized carbons (Fsp3) is 0.375. The summed E-state index contributed by atoms with van der Waals surface area (Å²) in [7, 11) is 4.50. The molecule has 0 spiro atoms. The fourth-order valence-corrected chi connectivity index (χ4v) is 0.564. The van der Waals surface area contributed by atoms with E-state index in [-0.39, 0.29) is 0 Å². The van der Waals surface area contributed by atoms with E-state index < -0.39 is 5.24 Å². The minimum atomic E-state index is -0.425. The molecule has 7 N–H and O–H groups in total. The van der Waals surface area contributed by atoms with Crippen molar-refractivity contribution in [2.75, 3.05) is 21.1 Å². The summed E-state index contributed by atoms with van der Waals surface area (Å²) in [6.07, 6.45) is 3.20. The summed E-state index contributed by atoms with van der Waals surface area (Å²) >= 11 is 5.09. The summed E-state index contributed by atoms with van der Waals surface area (Å²) in [4.78, 5) is 13.0. The van der Waals surface area contributed by atoms with Gasteiger partial charge in [-0.3, -0.25) is 4.79 Å². The molecule has 1 heterocycles. The third kappa shape index (κ3) is 11.1. The van der Waals surface area contributed by atoms with Crippen LogP contribution in [0.15, 0.2) is 18.5 Å². The van der Waals surface area contributed by atoms with Crippen molar-refractivity contribution in [1.82, 2.24) is 4.98 Å². The van der Waals surface area contributed by atoms with E-state index in [4.69, 9.17) is 11.6 Å². The second-order valence-electron chi connectivity index (χ2n) is 1.37. The van der Waals surface area contributed by atoms with Crippen molar-refractivity contribution in [3.63, 3.8) is 0 Å². The molecule has 6 heteroatoms. The number of rotatable bonds is 1. The first-order valence-corrected chi connectivity index (χ1v) is 4.24. The number of halogens is 1. The molecule has 0 saturated heterocycles. The average Bonchev–Trinajstić information content (AvgIpc) is 2.80. The van der Waals surface area contributed by atoms with Gasteiger partial charge in [-0.25, -0.2) is 0 Å². The van der Waals surface area contributed by atoms with Gasteiger partial charge in [-0.2, -0.15) is 0 Å². The van der Waals surface area contributed by atoms with E-state index in [1.54, 1.807) is 18.5 Å². The molecular weight excluding hydrogens is 204 g/mol. The van der Waals surface area contributed by atoms with Crippen LogP contribution in [-0.2, 0) is 0 Å². The summed E-state index contributed by atoms with van der Waals surface area (Å²) in [5.41, 5.74) is 14.0. The number of hydrogen-bond acceptors (Lipinski definition) is 4. The van der Waals surface area contributed by atoms with Gasteiger partial charge in [-0.05, 0) is 38.8 Å². The van der Waals surface area contributed by atoms with Crippen LogP contribution in [0.1, 0.15) is 10.4 Å². The largest absolute Gasteiger partial charge is 0.367 e. The highest BCUT2D eigenvalue weighted by Crippen LogP contribution is 1.99. The van der Waals surface area contributed by atoms with Crippen molar-refractivity contribution in [1.29, 1.82) is 0 Å². The highest BCUT2D eigenvalue weighted by molar-refractivity contribution is 6.67. The molecule has 0 aliphatic carbocycles. The maximum absolute atomic E-state index is 10.3. The number of aromatic amines is 1. The molecule has 0 radical (unpaired) electrons. The molecule has 0 aromatic carbocycles. The van der Waals surface area contributed by atoms with Crippen LogP contribution >= 0.6 is 11.6 Å². The maximum atomic E-state index is 10.3. The number of aromatic nitrogens is 1. The molecule has 1 rings (SSSR count). The minimum Gasteiger partial charge on any atom is -0.367 e. The van der Waals surface area contributed by atoms with Crippen LogP contribution in [0.5, 0.6) is 0 Å². The number of H-pyrrole nitrogens is 1. The van der Waals surface area contributed by atoms with Gasteiger partial charge in [0.25, 0.3) is 5.24 Å². The molecule has 84 valence electrons. The van der Waals surface area contributed by atoms with Crippen LogP contribution in [-0.4, -0.2) is 31.4 Å². The Morgan fingerprint density at radius 2 is 1.64 bits per heavy atom. The number of nitrogens with one attached hydrogen (secondary N) is 1. The van der Waals surface area contributed by atoms with Crippen molar-refractivity contribution >= 4 is 16.8 Å². The first-order chi connectivity index (χ1) is 6.80. The number of carbonyl (C=O) groups is 1. The van der Waals surface area contributed by atoms with Crippen molar-refractivity contribution in [3.05, 3.63) is 24.0 Å². The average molecular weight is 223 g/mol. The molecule has 0 fully saturated rings. The number of carbonyl (C=O) groups excluding carboxylic acids is 1. The molecular formula is C8H19ClN4O. The van der Waals surface area contributed by atoms with E-state index in [0.29, 0.717) is 5.56 Å². The quantitative estimate of drug-likeness (QED) is 0.506. The van der Waals surface area contributed by atoms with E-state index in [1.165, 1.54) is 21.1 Å². The second-order valence-corrected chi connectivity index (χ2v) is 1.72. The predicted octanol–water partition coefficient (Wildman–Crippen LogP) is 0.118. The summed E-state index contributed by atoms with van der Waals surface area (Å²) in [5.74, 6) is 0. The molecule has 0 aliphatic heterocycles. The lowest BCUT2D eigenvalue weighted by atomic mass is 10.4. The maximum Gasteiger partial charge on any atom is 0.253 e. The van der Waals surface area contributed by atoms with Crippen molar-refractivity contribution in [3.8, 4) is 0 Å². The number of hydrogen-bond donors (Lipinski definition) is 4. The van der Waals surface area contributed by atoms with Gasteiger partial charge in [0.1, 0.15) is 0 Å². The number of nitrogens with two attached hydrogens (primary N) is 3. The summed E-state index contributed by atoms with van der Waals surface area (Å²) in [6.45, 7) is 0. The third-order valence-electron chi connectivity index (χ3n) is 0.825. The van der Waals surface area contributed by atoms with Gasteiger partial charge in [-0.15, -0.1) is 0 Å². The zero-order valence-electron chi connectivity index (χ0n) is 8.75. The Bertz CT molecular complexity index is 189. The standard InChI is InChI=1S/C5H4ClNO.3CH5N/c6-5(8)4-1-2-7-3-4;3*1-2/h1-3,7H;3*2H2,1H3. The second kappa shape index (κ2) is 18.0. The van der Waals surface area contributed by atoms with Crippen molar-refractivity contribution in [2.24, 2.45) is 17.2 Å². The molecule has 14 heavy (non-hydrogen) atoms. The van der Waals surface area contributed by atoms with Gasteiger partial charge in [0.05, 0.1) is 5.56 Å². The SMILES string of the molecule is CN.CN.CN.O=C(Cl)c1cc[nH]c1. The van der Waals surface area contributed by atoms with Gasteiger partial charge in [0, 0.05) is 12.4 Å². The van der Waals surface area contributed by atoms with Crippen LogP contribution in [0.4, 0.5) is 0 Å². The molecule has 1 aromatic rings. The lowest BCUT2D eigenvalue weighted by Crippen LogP contribution is -1.81. The van der Waals surface area contributed by atoms with Gasteiger partial charge in [0.2, 0.25) is 0 Å². The third-order valence-corrected chi connectivity index (χ3v) is 1.04. The summed E-state index contributed by atoms with van der Waals surface area (Å²) in [5, 5.41) is -0.425. The first kappa shape index (κ1) is 18.8. The minimum absolute atomic E-state index is 0.425. The lowest BCUT2D eigenvalue weighted by molar-refractivity contribution is 0.108. The van der Waals surface area contributed by atoms with Crippen molar-refractivity contribution < 1.29 is 4.79 Å².